The van der Waals surface area contributed by atoms with Crippen LogP contribution in [0.4, 0.5) is 0 Å². The number of carbonyl (C=O) groups is 1. The van der Waals surface area contributed by atoms with Crippen LogP contribution < -0.4 is 4.72 Å². The van der Waals surface area contributed by atoms with Crippen molar-refractivity contribution in [3.05, 3.63) is 53.6 Å². The highest BCUT2D eigenvalue weighted by Gasteiger charge is 2.22. The van der Waals surface area contributed by atoms with E-state index >= 15 is 0 Å². The second kappa shape index (κ2) is 6.37. The molecule has 0 amide bonds. The van der Waals surface area contributed by atoms with Crippen LogP contribution in [0.15, 0.2) is 47.4 Å². The van der Waals surface area contributed by atoms with Crippen LogP contribution in [0.25, 0.3) is 11.1 Å². The topological polar surface area (TPSA) is 83.5 Å². The molecule has 6 heteroatoms. The molecular formula is C18H21NO4S. The SMILES string of the molecule is Cc1cccc(-c2ccc(S(=O)(=O)NC(C)(C)C)cc2)c1C(=O)O. The van der Waals surface area contributed by atoms with Crippen molar-refractivity contribution in [2.75, 3.05) is 0 Å². The number of carboxylic acid groups (broad SMARTS) is 1. The quantitative estimate of drug-likeness (QED) is 0.887. The molecule has 0 atom stereocenters. The Morgan fingerprint density at radius 1 is 1.04 bits per heavy atom. The first-order valence-corrected chi connectivity index (χ1v) is 8.97. The maximum Gasteiger partial charge on any atom is 0.336 e. The van der Waals surface area contributed by atoms with Gasteiger partial charge in [-0.1, -0.05) is 30.3 Å². The van der Waals surface area contributed by atoms with Crippen molar-refractivity contribution < 1.29 is 18.3 Å². The molecule has 0 unspecified atom stereocenters. The summed E-state index contributed by atoms with van der Waals surface area (Å²) in [5, 5.41) is 9.41. The molecule has 0 aromatic heterocycles. The summed E-state index contributed by atoms with van der Waals surface area (Å²) in [7, 11) is -3.62. The summed E-state index contributed by atoms with van der Waals surface area (Å²) in [6, 6.07) is 11.4. The lowest BCUT2D eigenvalue weighted by Gasteiger charge is -2.20. The third kappa shape index (κ3) is 4.01. The fourth-order valence-electron chi connectivity index (χ4n) is 2.47. The van der Waals surface area contributed by atoms with Crippen molar-refractivity contribution in [1.82, 2.24) is 4.72 Å². The van der Waals surface area contributed by atoms with E-state index in [2.05, 4.69) is 4.72 Å². The zero-order chi connectivity index (χ0) is 18.1. The van der Waals surface area contributed by atoms with Gasteiger partial charge in [0.2, 0.25) is 10.0 Å². The first-order valence-electron chi connectivity index (χ1n) is 7.48. The summed E-state index contributed by atoms with van der Waals surface area (Å²) in [4.78, 5) is 11.6. The van der Waals surface area contributed by atoms with Gasteiger partial charge in [0, 0.05) is 5.54 Å². The average molecular weight is 347 g/mol. The Morgan fingerprint density at radius 2 is 1.62 bits per heavy atom. The van der Waals surface area contributed by atoms with Crippen molar-refractivity contribution in [3.8, 4) is 11.1 Å². The second-order valence-corrected chi connectivity index (χ2v) is 8.36. The predicted octanol–water partition coefficient (Wildman–Crippen LogP) is 3.44. The minimum absolute atomic E-state index is 0.144. The summed E-state index contributed by atoms with van der Waals surface area (Å²) >= 11 is 0. The van der Waals surface area contributed by atoms with Gasteiger partial charge in [0.05, 0.1) is 10.5 Å². The minimum atomic E-state index is -3.62. The lowest BCUT2D eigenvalue weighted by Crippen LogP contribution is -2.40. The molecular weight excluding hydrogens is 326 g/mol. The van der Waals surface area contributed by atoms with Crippen LogP contribution in [0.2, 0.25) is 0 Å². The molecule has 0 heterocycles. The molecule has 5 nitrogen and oxygen atoms in total. The van der Waals surface area contributed by atoms with Gasteiger partial charge >= 0.3 is 5.97 Å². The Hall–Kier alpha value is -2.18. The van der Waals surface area contributed by atoms with Gasteiger partial charge in [-0.2, -0.15) is 0 Å². The van der Waals surface area contributed by atoms with E-state index in [4.69, 9.17) is 0 Å². The second-order valence-electron chi connectivity index (χ2n) is 6.68. The van der Waals surface area contributed by atoms with E-state index < -0.39 is 21.5 Å². The summed E-state index contributed by atoms with van der Waals surface area (Å²) in [5.74, 6) is -1.01. The summed E-state index contributed by atoms with van der Waals surface area (Å²) < 4.78 is 27.2. The van der Waals surface area contributed by atoms with E-state index in [1.54, 1.807) is 58.0 Å². The Labute approximate surface area is 142 Å². The first-order chi connectivity index (χ1) is 11.0. The fourth-order valence-corrected chi connectivity index (χ4v) is 3.89. The molecule has 0 fully saturated rings. The van der Waals surface area contributed by atoms with Gasteiger partial charge in [-0.15, -0.1) is 0 Å². The molecule has 2 aromatic carbocycles. The lowest BCUT2D eigenvalue weighted by atomic mass is 9.96. The number of benzene rings is 2. The number of sulfonamides is 1. The van der Waals surface area contributed by atoms with E-state index in [9.17, 15) is 18.3 Å². The molecule has 0 aliphatic heterocycles. The lowest BCUT2D eigenvalue weighted by molar-refractivity contribution is 0.0697. The van der Waals surface area contributed by atoms with Crippen molar-refractivity contribution >= 4 is 16.0 Å². The van der Waals surface area contributed by atoms with Crippen LogP contribution in [0, 0.1) is 6.92 Å². The molecule has 0 aliphatic carbocycles. The molecule has 2 aromatic rings. The molecule has 2 rings (SSSR count). The number of aryl methyl sites for hydroxylation is 1. The Morgan fingerprint density at radius 3 is 2.12 bits per heavy atom. The molecule has 0 saturated heterocycles. The molecule has 0 radical (unpaired) electrons. The van der Waals surface area contributed by atoms with Crippen LogP contribution >= 0.6 is 0 Å². The number of hydrogen-bond donors (Lipinski definition) is 2. The summed E-state index contributed by atoms with van der Waals surface area (Å²) in [6.07, 6.45) is 0. The largest absolute Gasteiger partial charge is 0.478 e. The first kappa shape index (κ1) is 18.2. The summed E-state index contributed by atoms with van der Waals surface area (Å²) in [5.41, 5.74) is 1.53. The number of rotatable bonds is 4. The van der Waals surface area contributed by atoms with E-state index in [-0.39, 0.29) is 10.5 Å². The van der Waals surface area contributed by atoms with E-state index in [1.165, 1.54) is 12.1 Å². The molecule has 0 saturated carbocycles. The smallest absolute Gasteiger partial charge is 0.336 e. The highest BCUT2D eigenvalue weighted by molar-refractivity contribution is 7.89. The molecule has 0 bridgehead atoms. The van der Waals surface area contributed by atoms with Crippen molar-refractivity contribution in [2.45, 2.75) is 38.1 Å². The molecule has 0 spiro atoms. The zero-order valence-corrected chi connectivity index (χ0v) is 14.9. The van der Waals surface area contributed by atoms with Gasteiger partial charge in [-0.05, 0) is 56.5 Å². The Balaban J connectivity index is 2.45. The van der Waals surface area contributed by atoms with Gasteiger partial charge < -0.3 is 5.11 Å². The van der Waals surface area contributed by atoms with Gasteiger partial charge in [-0.25, -0.2) is 17.9 Å². The Bertz CT molecular complexity index is 863. The number of carboxylic acids is 1. The number of hydrogen-bond acceptors (Lipinski definition) is 3. The molecule has 0 aliphatic rings. The van der Waals surface area contributed by atoms with Crippen molar-refractivity contribution in [2.24, 2.45) is 0 Å². The number of nitrogens with one attached hydrogen (secondary N) is 1. The molecule has 2 N–H and O–H groups in total. The zero-order valence-electron chi connectivity index (χ0n) is 14.1. The van der Waals surface area contributed by atoms with Gasteiger partial charge in [0.25, 0.3) is 0 Å². The highest BCUT2D eigenvalue weighted by atomic mass is 32.2. The minimum Gasteiger partial charge on any atom is -0.478 e. The summed E-state index contributed by atoms with van der Waals surface area (Å²) in [6.45, 7) is 7.04. The third-order valence-corrected chi connectivity index (χ3v) is 5.18. The van der Waals surface area contributed by atoms with Crippen molar-refractivity contribution in [3.63, 3.8) is 0 Å². The van der Waals surface area contributed by atoms with E-state index in [1.807, 2.05) is 0 Å². The van der Waals surface area contributed by atoms with Crippen LogP contribution in [0.3, 0.4) is 0 Å². The van der Waals surface area contributed by atoms with Crippen LogP contribution in [0.5, 0.6) is 0 Å². The standard InChI is InChI=1S/C18H21NO4S/c1-12-6-5-7-15(16(12)17(20)21)13-8-10-14(11-9-13)24(22,23)19-18(2,3)4/h5-11,19H,1-4H3,(H,20,21). The fraction of sp³-hybridized carbons (Fsp3) is 0.278. The van der Waals surface area contributed by atoms with E-state index in [0.717, 1.165) is 0 Å². The van der Waals surface area contributed by atoms with Crippen LogP contribution in [-0.2, 0) is 10.0 Å². The van der Waals surface area contributed by atoms with E-state index in [0.29, 0.717) is 16.7 Å². The maximum atomic E-state index is 12.3. The Kier molecular flexibility index (Phi) is 4.82. The predicted molar refractivity (Wildman–Crippen MR) is 93.6 cm³/mol. The van der Waals surface area contributed by atoms with Gasteiger partial charge in [-0.3, -0.25) is 0 Å². The van der Waals surface area contributed by atoms with Gasteiger partial charge in [0.15, 0.2) is 0 Å². The maximum absolute atomic E-state index is 12.3. The van der Waals surface area contributed by atoms with Crippen molar-refractivity contribution in [1.29, 1.82) is 0 Å². The highest BCUT2D eigenvalue weighted by Crippen LogP contribution is 2.27. The normalized spacial score (nSPS) is 12.2. The molecule has 128 valence electrons. The molecule has 24 heavy (non-hydrogen) atoms. The van der Waals surface area contributed by atoms with Crippen LogP contribution in [-0.4, -0.2) is 25.0 Å². The number of aromatic carboxylic acids is 1. The van der Waals surface area contributed by atoms with Gasteiger partial charge in [0.1, 0.15) is 0 Å². The van der Waals surface area contributed by atoms with Crippen LogP contribution in [0.1, 0.15) is 36.7 Å². The average Bonchev–Trinajstić information content (AvgIpc) is 2.44. The monoisotopic (exact) mass is 347 g/mol. The third-order valence-electron chi connectivity index (χ3n) is 3.40.